The summed E-state index contributed by atoms with van der Waals surface area (Å²) >= 11 is 0. The number of likely N-dealkylation sites (N-methyl/N-ethyl adjacent to an activating group) is 1. The Balaban J connectivity index is 1.26. The van der Waals surface area contributed by atoms with Gasteiger partial charge in [0.1, 0.15) is 46.8 Å². The number of nitriles is 1. The summed E-state index contributed by atoms with van der Waals surface area (Å²) in [6, 6.07) is 15.7. The van der Waals surface area contributed by atoms with Crippen LogP contribution in [0.3, 0.4) is 0 Å². The Morgan fingerprint density at radius 3 is 2.57 bits per heavy atom. The third-order valence-electron chi connectivity index (χ3n) is 9.21. The molecule has 244 valence electrons. The Morgan fingerprint density at radius 1 is 1.11 bits per heavy atom. The molecule has 2 aromatic carbocycles. The zero-order valence-corrected chi connectivity index (χ0v) is 27.1. The summed E-state index contributed by atoms with van der Waals surface area (Å²) in [6.45, 7) is 11.8. The minimum absolute atomic E-state index is 0.131. The van der Waals surface area contributed by atoms with Gasteiger partial charge in [0.2, 0.25) is 0 Å². The summed E-state index contributed by atoms with van der Waals surface area (Å²) in [7, 11) is 0. The van der Waals surface area contributed by atoms with Crippen LogP contribution in [0, 0.1) is 17.1 Å². The van der Waals surface area contributed by atoms with E-state index in [-0.39, 0.29) is 28.9 Å². The van der Waals surface area contributed by atoms with E-state index in [4.69, 9.17) is 15.6 Å². The summed E-state index contributed by atoms with van der Waals surface area (Å²) in [6.07, 6.45) is 4.59. The van der Waals surface area contributed by atoms with Crippen LogP contribution < -0.4 is 10.5 Å². The lowest BCUT2D eigenvalue weighted by Crippen LogP contribution is -2.54. The molecule has 12 heteroatoms. The number of piperidine rings is 1. The van der Waals surface area contributed by atoms with Gasteiger partial charge in [-0.3, -0.25) is 9.69 Å². The largest absolute Gasteiger partial charge is 0.457 e. The molecule has 2 fully saturated rings. The fourth-order valence-corrected chi connectivity index (χ4v) is 6.55. The van der Waals surface area contributed by atoms with Gasteiger partial charge in [-0.15, -0.1) is 0 Å². The highest BCUT2D eigenvalue weighted by Crippen LogP contribution is 2.36. The number of carbonyl (C=O) groups excluding carboxylic acids is 1. The maximum atomic E-state index is 15.6. The van der Waals surface area contributed by atoms with Crippen molar-refractivity contribution in [1.29, 1.82) is 5.26 Å². The topological polar surface area (TPSA) is 129 Å². The lowest BCUT2D eigenvalue weighted by Gasteiger charge is -2.42. The second-order valence-corrected chi connectivity index (χ2v) is 12.6. The number of anilines is 1. The number of fused-ring (bicyclic) bond motifs is 1. The van der Waals surface area contributed by atoms with E-state index in [9.17, 15) is 10.1 Å². The number of hydrogen-bond acceptors (Lipinski definition) is 9. The fourth-order valence-electron chi connectivity index (χ4n) is 6.55. The van der Waals surface area contributed by atoms with Gasteiger partial charge in [0.25, 0.3) is 5.91 Å². The van der Waals surface area contributed by atoms with Crippen molar-refractivity contribution in [3.63, 3.8) is 0 Å². The number of likely N-dealkylation sites (tertiary alicyclic amines) is 1. The van der Waals surface area contributed by atoms with Crippen LogP contribution in [0.5, 0.6) is 11.5 Å². The van der Waals surface area contributed by atoms with Gasteiger partial charge in [-0.2, -0.15) is 10.4 Å². The van der Waals surface area contributed by atoms with E-state index in [2.05, 4.69) is 46.6 Å². The summed E-state index contributed by atoms with van der Waals surface area (Å²) in [5, 5.41) is 15.4. The fraction of sp³-hybridized carbons (Fsp3) is 0.400. The number of piperazine rings is 1. The quantitative estimate of drug-likeness (QED) is 0.209. The second-order valence-electron chi connectivity index (χ2n) is 12.6. The van der Waals surface area contributed by atoms with Crippen molar-refractivity contribution in [3.05, 3.63) is 72.3 Å². The average molecular weight is 638 g/mol. The van der Waals surface area contributed by atoms with Crippen LogP contribution in [-0.2, 0) is 4.79 Å². The highest BCUT2D eigenvalue weighted by molar-refractivity contribution is 5.99. The Kier molecular flexibility index (Phi) is 9.20. The SMILES string of the molecule is CCN1CCN(C(C)(C)/C=C(/C#N)C(=O)N2CCCC(n3nc(-c4ccc(Oc5ccccc5)cc4F)c4c(N)ncnc43)C2)CC1. The lowest BCUT2D eigenvalue weighted by atomic mass is 9.96. The number of hydrogen-bond donors (Lipinski definition) is 1. The number of nitrogen functional groups attached to an aromatic ring is 1. The van der Waals surface area contributed by atoms with Crippen molar-refractivity contribution < 1.29 is 13.9 Å². The smallest absolute Gasteiger partial charge is 0.264 e. The maximum absolute atomic E-state index is 15.6. The van der Waals surface area contributed by atoms with Crippen LogP contribution in [-0.4, -0.2) is 91.7 Å². The molecule has 4 heterocycles. The van der Waals surface area contributed by atoms with Crippen molar-refractivity contribution in [2.24, 2.45) is 0 Å². The van der Waals surface area contributed by atoms with Gasteiger partial charge >= 0.3 is 0 Å². The molecule has 11 nitrogen and oxygen atoms in total. The number of nitrogens with zero attached hydrogens (tertiary/aromatic N) is 8. The first-order valence-electron chi connectivity index (χ1n) is 16.1. The van der Waals surface area contributed by atoms with E-state index in [1.165, 1.54) is 12.4 Å². The monoisotopic (exact) mass is 637 g/mol. The van der Waals surface area contributed by atoms with Crippen molar-refractivity contribution in [2.45, 2.75) is 45.2 Å². The van der Waals surface area contributed by atoms with Gasteiger partial charge in [-0.05, 0) is 63.6 Å². The van der Waals surface area contributed by atoms with E-state index >= 15 is 4.39 Å². The Bertz CT molecular complexity index is 1820. The molecular weight excluding hydrogens is 597 g/mol. The van der Waals surface area contributed by atoms with E-state index in [0.717, 1.165) is 39.1 Å². The number of rotatable bonds is 8. The first-order valence-corrected chi connectivity index (χ1v) is 16.1. The van der Waals surface area contributed by atoms with Gasteiger partial charge in [-0.1, -0.05) is 25.1 Å². The molecular formula is C35H40FN9O2. The Hall–Kier alpha value is -4.86. The van der Waals surface area contributed by atoms with Crippen molar-refractivity contribution in [2.75, 3.05) is 51.5 Å². The molecule has 0 bridgehead atoms. The molecule has 1 amide bonds. The average Bonchev–Trinajstić information content (AvgIpc) is 3.48. The number of amides is 1. The number of ether oxygens (including phenoxy) is 1. The normalized spacial score (nSPS) is 18.3. The molecule has 47 heavy (non-hydrogen) atoms. The highest BCUT2D eigenvalue weighted by Gasteiger charge is 2.33. The van der Waals surface area contributed by atoms with Crippen LogP contribution in [0.2, 0.25) is 0 Å². The molecule has 2 aliphatic rings. The van der Waals surface area contributed by atoms with Crippen LogP contribution in [0.4, 0.5) is 10.2 Å². The number of aromatic nitrogens is 4. The third-order valence-corrected chi connectivity index (χ3v) is 9.21. The predicted octanol–water partition coefficient (Wildman–Crippen LogP) is 5.04. The summed E-state index contributed by atoms with van der Waals surface area (Å²) in [4.78, 5) is 28.9. The standard InChI is InChI=1S/C35H40FN9O2/c1-4-42-15-17-44(18-16-42)35(2,3)20-24(21-37)34(46)43-14-8-9-25(22-43)45-33-30(32(38)39-23-40-33)31(41-45)28-13-12-27(19-29(28)36)47-26-10-6-5-7-11-26/h5-7,10-13,19-20,23,25H,4,8-9,14-18,22H2,1-3H3,(H2,38,39,40)/b24-20-. The molecule has 4 aromatic rings. The number of halogens is 1. The third kappa shape index (κ3) is 6.68. The van der Waals surface area contributed by atoms with E-state index < -0.39 is 11.4 Å². The molecule has 2 aromatic heterocycles. The van der Waals surface area contributed by atoms with Crippen LogP contribution in [0.15, 0.2) is 66.5 Å². The molecule has 2 aliphatic heterocycles. The van der Waals surface area contributed by atoms with Gasteiger partial charge in [0, 0.05) is 56.4 Å². The summed E-state index contributed by atoms with van der Waals surface area (Å²) < 4.78 is 23.2. The van der Waals surface area contributed by atoms with Gasteiger partial charge in [0.15, 0.2) is 5.65 Å². The minimum Gasteiger partial charge on any atom is -0.457 e. The number of carbonyl (C=O) groups is 1. The maximum Gasteiger partial charge on any atom is 0.264 e. The molecule has 0 spiro atoms. The number of benzene rings is 2. The van der Waals surface area contributed by atoms with Crippen molar-refractivity contribution in [3.8, 4) is 28.8 Å². The van der Waals surface area contributed by atoms with E-state index in [1.54, 1.807) is 33.8 Å². The number of para-hydroxylation sites is 1. The molecule has 2 saturated heterocycles. The van der Waals surface area contributed by atoms with Gasteiger partial charge in [0.05, 0.1) is 11.4 Å². The van der Waals surface area contributed by atoms with Crippen LogP contribution in [0.1, 0.15) is 39.7 Å². The Morgan fingerprint density at radius 2 is 1.87 bits per heavy atom. The van der Waals surface area contributed by atoms with Crippen LogP contribution >= 0.6 is 0 Å². The Labute approximate surface area is 274 Å². The van der Waals surface area contributed by atoms with Gasteiger partial charge in [-0.25, -0.2) is 19.0 Å². The van der Waals surface area contributed by atoms with Crippen molar-refractivity contribution in [1.82, 2.24) is 34.4 Å². The van der Waals surface area contributed by atoms with Gasteiger partial charge < -0.3 is 20.3 Å². The molecule has 0 aliphatic carbocycles. The molecule has 0 radical (unpaired) electrons. The molecule has 2 N–H and O–H groups in total. The minimum atomic E-state index is -0.531. The highest BCUT2D eigenvalue weighted by atomic mass is 19.1. The predicted molar refractivity (Wildman–Crippen MR) is 178 cm³/mol. The first kappa shape index (κ1) is 32.1. The summed E-state index contributed by atoms with van der Waals surface area (Å²) in [5.74, 6) is 0.288. The second kappa shape index (κ2) is 13.5. The van der Waals surface area contributed by atoms with E-state index in [0.29, 0.717) is 47.7 Å². The van der Waals surface area contributed by atoms with Crippen LogP contribution in [0.25, 0.3) is 22.3 Å². The summed E-state index contributed by atoms with van der Waals surface area (Å²) in [5.41, 5.74) is 7.00. The zero-order valence-electron chi connectivity index (χ0n) is 27.1. The number of nitrogens with two attached hydrogens (primary N) is 1. The lowest BCUT2D eigenvalue weighted by molar-refractivity contribution is -0.128. The van der Waals surface area contributed by atoms with Crippen molar-refractivity contribution >= 4 is 22.8 Å². The molecule has 1 unspecified atom stereocenters. The zero-order chi connectivity index (χ0) is 33.1. The first-order chi connectivity index (χ1) is 22.7. The molecule has 6 rings (SSSR count). The van der Waals surface area contributed by atoms with E-state index in [1.807, 2.05) is 24.3 Å². The molecule has 1 atom stereocenters. The molecule has 0 saturated carbocycles.